The molecule has 0 radical (unpaired) electrons. The van der Waals surface area contributed by atoms with Crippen LogP contribution < -0.4 is 16.0 Å². The number of alkyl carbamates (subject to hydrolysis) is 1. The number of amides is 2. The van der Waals surface area contributed by atoms with Crippen molar-refractivity contribution in [2.45, 2.75) is 31.3 Å². The summed E-state index contributed by atoms with van der Waals surface area (Å²) in [6.45, 7) is 2.32. The first kappa shape index (κ1) is 18.4. The highest BCUT2D eigenvalue weighted by atomic mass is 19.1. The van der Waals surface area contributed by atoms with Crippen molar-refractivity contribution in [3.8, 4) is 0 Å². The van der Waals surface area contributed by atoms with Crippen LogP contribution in [-0.2, 0) is 11.3 Å². The van der Waals surface area contributed by atoms with Crippen molar-refractivity contribution in [3.05, 3.63) is 41.5 Å². The first-order valence-electron chi connectivity index (χ1n) is 9.24. The fourth-order valence-corrected chi connectivity index (χ4v) is 3.57. The summed E-state index contributed by atoms with van der Waals surface area (Å²) in [7, 11) is 0. The molecule has 1 aromatic carbocycles. The number of ether oxygens (including phenoxy) is 1. The van der Waals surface area contributed by atoms with Gasteiger partial charge in [0.2, 0.25) is 0 Å². The van der Waals surface area contributed by atoms with Crippen LogP contribution in [0, 0.1) is 5.82 Å². The number of nitrogens with zero attached hydrogens (tertiary/aromatic N) is 3. The predicted octanol–water partition coefficient (Wildman–Crippen LogP) is 1.24. The Morgan fingerprint density at radius 3 is 2.71 bits per heavy atom. The van der Waals surface area contributed by atoms with Gasteiger partial charge in [0.1, 0.15) is 12.4 Å². The van der Waals surface area contributed by atoms with Gasteiger partial charge in [0.05, 0.1) is 18.3 Å². The first-order valence-corrected chi connectivity index (χ1v) is 9.24. The van der Waals surface area contributed by atoms with Crippen LogP contribution in [-0.4, -0.2) is 52.7 Å². The molecule has 2 aliphatic rings. The number of benzene rings is 1. The number of rotatable bonds is 5. The maximum atomic E-state index is 13.1. The van der Waals surface area contributed by atoms with Crippen molar-refractivity contribution in [3.63, 3.8) is 0 Å². The third kappa shape index (κ3) is 3.96. The van der Waals surface area contributed by atoms with E-state index < -0.39 is 12.0 Å². The van der Waals surface area contributed by atoms with Gasteiger partial charge in [-0.2, -0.15) is 0 Å². The molecule has 10 heteroatoms. The van der Waals surface area contributed by atoms with Gasteiger partial charge >= 0.3 is 6.09 Å². The summed E-state index contributed by atoms with van der Waals surface area (Å²) < 4.78 is 19.7. The summed E-state index contributed by atoms with van der Waals surface area (Å²) in [5, 5.41) is 17.1. The Morgan fingerprint density at radius 1 is 1.29 bits per heavy atom. The number of aromatic nitrogens is 3. The average molecular weight is 388 g/mol. The van der Waals surface area contributed by atoms with Crippen molar-refractivity contribution in [2.75, 3.05) is 25.0 Å². The summed E-state index contributed by atoms with van der Waals surface area (Å²) in [4.78, 5) is 24.1. The summed E-state index contributed by atoms with van der Waals surface area (Å²) >= 11 is 0. The number of hydrogen-bond donors (Lipinski definition) is 3. The molecule has 0 bridgehead atoms. The van der Waals surface area contributed by atoms with E-state index in [4.69, 9.17) is 4.74 Å². The van der Waals surface area contributed by atoms with Crippen molar-refractivity contribution in [1.29, 1.82) is 0 Å². The van der Waals surface area contributed by atoms with Gasteiger partial charge in [-0.1, -0.05) is 5.21 Å². The highest BCUT2D eigenvalue weighted by Gasteiger charge is 2.30. The number of anilines is 1. The highest BCUT2D eigenvalue weighted by molar-refractivity contribution is 6.03. The molecule has 9 nitrogen and oxygen atoms in total. The molecular weight excluding hydrogens is 367 g/mol. The Morgan fingerprint density at radius 2 is 2.04 bits per heavy atom. The lowest BCUT2D eigenvalue weighted by Gasteiger charge is -2.24. The highest BCUT2D eigenvalue weighted by Crippen LogP contribution is 2.28. The molecule has 1 atom stereocenters. The molecule has 3 heterocycles. The third-order valence-electron chi connectivity index (χ3n) is 4.95. The molecule has 0 saturated carbocycles. The van der Waals surface area contributed by atoms with Crippen LogP contribution in [0.5, 0.6) is 0 Å². The Bertz CT molecular complexity index is 863. The molecule has 2 fully saturated rings. The monoisotopic (exact) mass is 388 g/mol. The minimum absolute atomic E-state index is 0.128. The third-order valence-corrected chi connectivity index (χ3v) is 4.95. The standard InChI is InChI=1S/C18H21FN6O3/c19-12-1-3-13(4-2-12)21-17(26)15-16(11-5-7-20-8-6-11)25(24-23-15)9-14-10-28-18(27)22-14/h1-4,11,14,20H,5-10H2,(H,21,26)(H,22,27). The van der Waals surface area contributed by atoms with Crippen LogP contribution in [0.25, 0.3) is 0 Å². The van der Waals surface area contributed by atoms with Gasteiger partial charge in [0, 0.05) is 11.6 Å². The molecular formula is C18H21FN6O3. The van der Waals surface area contributed by atoms with Crippen LogP contribution in [0.2, 0.25) is 0 Å². The summed E-state index contributed by atoms with van der Waals surface area (Å²) in [5.74, 6) is -0.637. The second-order valence-corrected chi connectivity index (χ2v) is 6.93. The van der Waals surface area contributed by atoms with Gasteiger partial charge in [-0.3, -0.25) is 4.79 Å². The molecule has 0 aliphatic carbocycles. The van der Waals surface area contributed by atoms with Crippen molar-refractivity contribution < 1.29 is 18.7 Å². The second kappa shape index (κ2) is 7.93. The van der Waals surface area contributed by atoms with Crippen molar-refractivity contribution in [1.82, 2.24) is 25.6 Å². The van der Waals surface area contributed by atoms with Gasteiger partial charge < -0.3 is 20.7 Å². The summed E-state index contributed by atoms with van der Waals surface area (Å²) in [6, 6.07) is 5.33. The number of piperidine rings is 1. The topological polar surface area (TPSA) is 110 Å². The van der Waals surface area contributed by atoms with E-state index in [0.29, 0.717) is 12.2 Å². The molecule has 148 valence electrons. The van der Waals surface area contributed by atoms with E-state index in [1.54, 1.807) is 4.68 Å². The van der Waals surface area contributed by atoms with Crippen LogP contribution in [0.4, 0.5) is 14.9 Å². The maximum absolute atomic E-state index is 13.1. The van der Waals surface area contributed by atoms with Gasteiger partial charge in [0.15, 0.2) is 5.69 Å². The average Bonchev–Trinajstić information content (AvgIpc) is 3.31. The number of carbonyl (C=O) groups excluding carboxylic acids is 2. The van der Waals surface area contributed by atoms with Crippen LogP contribution in [0.3, 0.4) is 0 Å². The molecule has 2 aliphatic heterocycles. The number of cyclic esters (lactones) is 1. The van der Waals surface area contributed by atoms with Gasteiger partial charge in [-0.15, -0.1) is 5.10 Å². The van der Waals surface area contributed by atoms with Gasteiger partial charge in [-0.05, 0) is 50.2 Å². The number of halogens is 1. The Hall–Kier alpha value is -3.01. The second-order valence-electron chi connectivity index (χ2n) is 6.93. The number of nitrogens with one attached hydrogen (secondary N) is 3. The zero-order valence-corrected chi connectivity index (χ0v) is 15.2. The molecule has 1 unspecified atom stereocenters. The Labute approximate surface area is 160 Å². The molecule has 2 saturated heterocycles. The van der Waals surface area contributed by atoms with E-state index in [-0.39, 0.29) is 30.1 Å². The zero-order chi connectivity index (χ0) is 19.5. The normalized spacial score (nSPS) is 19.9. The van der Waals surface area contributed by atoms with Gasteiger partial charge in [0.25, 0.3) is 5.91 Å². The molecule has 0 spiro atoms. The Kier molecular flexibility index (Phi) is 5.20. The van der Waals surface area contributed by atoms with E-state index in [9.17, 15) is 14.0 Å². The fraction of sp³-hybridized carbons (Fsp3) is 0.444. The van der Waals surface area contributed by atoms with Crippen LogP contribution >= 0.6 is 0 Å². The molecule has 3 N–H and O–H groups in total. The maximum Gasteiger partial charge on any atom is 0.407 e. The lowest BCUT2D eigenvalue weighted by atomic mass is 9.92. The minimum atomic E-state index is -0.456. The lowest BCUT2D eigenvalue weighted by Crippen LogP contribution is -2.34. The van der Waals surface area contributed by atoms with Crippen LogP contribution in [0.15, 0.2) is 24.3 Å². The fourth-order valence-electron chi connectivity index (χ4n) is 3.57. The van der Waals surface area contributed by atoms with E-state index in [0.717, 1.165) is 31.6 Å². The van der Waals surface area contributed by atoms with Gasteiger partial charge in [-0.25, -0.2) is 13.9 Å². The first-order chi connectivity index (χ1) is 13.6. The van der Waals surface area contributed by atoms with E-state index >= 15 is 0 Å². The van der Waals surface area contributed by atoms with Crippen molar-refractivity contribution >= 4 is 17.7 Å². The molecule has 4 rings (SSSR count). The molecule has 2 aromatic rings. The zero-order valence-electron chi connectivity index (χ0n) is 15.2. The lowest BCUT2D eigenvalue weighted by molar-refractivity contribution is 0.102. The van der Waals surface area contributed by atoms with E-state index in [1.165, 1.54) is 24.3 Å². The predicted molar refractivity (Wildman–Crippen MR) is 97.5 cm³/mol. The molecule has 28 heavy (non-hydrogen) atoms. The largest absolute Gasteiger partial charge is 0.447 e. The number of carbonyl (C=O) groups is 2. The summed E-state index contributed by atoms with van der Waals surface area (Å²) in [6.07, 6.45) is 1.26. The molecule has 2 amide bonds. The van der Waals surface area contributed by atoms with Crippen molar-refractivity contribution in [2.24, 2.45) is 0 Å². The SMILES string of the molecule is O=C1NC(Cn2nnc(C(=O)Nc3ccc(F)cc3)c2C2CCNCC2)CO1. The van der Waals surface area contributed by atoms with E-state index in [2.05, 4.69) is 26.3 Å². The van der Waals surface area contributed by atoms with Crippen LogP contribution in [0.1, 0.15) is 34.9 Å². The summed E-state index contributed by atoms with van der Waals surface area (Å²) in [5.41, 5.74) is 1.48. The molecule has 1 aromatic heterocycles. The Balaban J connectivity index is 1.59. The minimum Gasteiger partial charge on any atom is -0.447 e. The quantitative estimate of drug-likeness (QED) is 0.711. The van der Waals surface area contributed by atoms with E-state index in [1.807, 2.05) is 0 Å². The smallest absolute Gasteiger partial charge is 0.407 e. The number of hydrogen-bond acceptors (Lipinski definition) is 6.